The van der Waals surface area contributed by atoms with Crippen molar-refractivity contribution in [2.75, 3.05) is 42.0 Å². The first-order chi connectivity index (χ1) is 25.5. The Bertz CT molecular complexity index is 1290. The van der Waals surface area contributed by atoms with Gasteiger partial charge in [-0.3, -0.25) is 9.59 Å². The summed E-state index contributed by atoms with van der Waals surface area (Å²) in [6.07, 6.45) is 14.2. The highest BCUT2D eigenvalue weighted by Gasteiger charge is 2.69. The fourth-order valence-corrected chi connectivity index (χ4v) is 14.5. The Kier molecular flexibility index (Phi) is 14.0. The molecule has 6 aliphatic carbocycles. The number of hydrogen-bond acceptors (Lipinski definition) is 8. The van der Waals surface area contributed by atoms with E-state index in [1.165, 1.54) is 12.8 Å². The third-order valence-electron chi connectivity index (χ3n) is 18.0. The second-order valence-corrected chi connectivity index (χ2v) is 20.0. The Morgan fingerprint density at radius 2 is 1.11 bits per heavy atom. The van der Waals surface area contributed by atoms with Crippen molar-refractivity contribution in [2.45, 2.75) is 170 Å². The van der Waals surface area contributed by atoms with Gasteiger partial charge in [-0.2, -0.15) is 0 Å². The molecule has 6 rings (SSSR count). The SMILES string of the molecule is CCCC[C@]1(C)C[C@@H](OCOC)[C@@]2(C)C3[C@H](OC)CCC3(CC[C@H]2C)[C@@H](C)C1=O.COCO[C@@H]1C[C@H](C)C(=O)[C@H](C)C23CC[C@@H](C)[C@]1(C)C2[C@H](OC)CC3. The zero-order valence-electron chi connectivity index (χ0n) is 36.7. The van der Waals surface area contributed by atoms with Crippen molar-refractivity contribution in [3.8, 4) is 0 Å². The summed E-state index contributed by atoms with van der Waals surface area (Å²) in [7, 11) is 7.06. The van der Waals surface area contributed by atoms with Crippen molar-refractivity contribution in [1.82, 2.24) is 0 Å². The van der Waals surface area contributed by atoms with Crippen LogP contribution in [0.1, 0.15) is 146 Å². The first-order valence-corrected chi connectivity index (χ1v) is 21.9. The van der Waals surface area contributed by atoms with Crippen LogP contribution in [0.2, 0.25) is 0 Å². The number of hydrogen-bond donors (Lipinski definition) is 0. The molecule has 0 radical (unpaired) electrons. The lowest BCUT2D eigenvalue weighted by Crippen LogP contribution is -2.63. The maximum atomic E-state index is 14.0. The van der Waals surface area contributed by atoms with E-state index >= 15 is 0 Å². The van der Waals surface area contributed by atoms with Crippen LogP contribution in [0.25, 0.3) is 0 Å². The summed E-state index contributed by atoms with van der Waals surface area (Å²) in [4.78, 5) is 27.2. The Balaban J connectivity index is 0.000000210. The van der Waals surface area contributed by atoms with E-state index in [2.05, 4.69) is 62.3 Å². The van der Waals surface area contributed by atoms with Crippen LogP contribution < -0.4 is 0 Å². The van der Waals surface area contributed by atoms with Gasteiger partial charge in [-0.1, -0.05) is 75.2 Å². The average Bonchev–Trinajstić information content (AvgIpc) is 3.76. The number of carbonyl (C=O) groups excluding carboxylic acids is 2. The molecule has 0 aromatic heterocycles. The van der Waals surface area contributed by atoms with Crippen LogP contribution in [-0.2, 0) is 38.0 Å². The molecule has 0 aromatic carbocycles. The molecule has 0 aromatic rings. The molecular formula is C46H80O8. The standard InChI is InChI=1S/C25H44O4.C21H36O4/c1-8-9-12-23(4)15-20(29-16-27-6)24(5)17(2)10-13-25(18(3)22(23)26)14-11-19(28-7)21(24)25;1-13-11-17(25-12-23-5)20(4)14(2)7-9-21(15(3)18(13)22)10-8-16(24-6)19(20)21/h17-21H,8-16H2,1-7H3;13-17,19H,7-12H2,1-6H3/t17-,18+,19-,20-,21?,23-,24+,25?;13-,14+,15-,16+,17+,19?,20-,21?/m10/s1. The second-order valence-electron chi connectivity index (χ2n) is 20.0. The summed E-state index contributed by atoms with van der Waals surface area (Å²) < 4.78 is 35.4. The summed E-state index contributed by atoms with van der Waals surface area (Å²) >= 11 is 0. The summed E-state index contributed by atoms with van der Waals surface area (Å²) in [6.45, 7) is 21.2. The minimum Gasteiger partial charge on any atom is -0.381 e. The van der Waals surface area contributed by atoms with Crippen molar-refractivity contribution in [2.24, 2.45) is 68.5 Å². The number of rotatable bonds is 11. The van der Waals surface area contributed by atoms with Gasteiger partial charge in [0.05, 0.1) is 24.4 Å². The molecule has 54 heavy (non-hydrogen) atoms. The predicted molar refractivity (Wildman–Crippen MR) is 213 cm³/mol. The van der Waals surface area contributed by atoms with Crippen molar-refractivity contribution < 1.29 is 38.0 Å². The van der Waals surface area contributed by atoms with Gasteiger partial charge >= 0.3 is 0 Å². The lowest BCUT2D eigenvalue weighted by atomic mass is 9.43. The van der Waals surface area contributed by atoms with E-state index < -0.39 is 0 Å². The Morgan fingerprint density at radius 1 is 0.648 bits per heavy atom. The average molecular weight is 761 g/mol. The van der Waals surface area contributed by atoms with Gasteiger partial charge in [0.15, 0.2) is 0 Å². The molecule has 0 N–H and O–H groups in total. The fraction of sp³-hybridized carbons (Fsp3) is 0.957. The van der Waals surface area contributed by atoms with Crippen LogP contribution >= 0.6 is 0 Å². The summed E-state index contributed by atoms with van der Waals surface area (Å²) in [5.74, 6) is 2.96. The largest absolute Gasteiger partial charge is 0.381 e. The molecule has 0 saturated heterocycles. The van der Waals surface area contributed by atoms with E-state index in [9.17, 15) is 9.59 Å². The molecule has 4 bridgehead atoms. The lowest BCUT2D eigenvalue weighted by molar-refractivity contribution is -0.220. The number of ketones is 2. The van der Waals surface area contributed by atoms with Gasteiger partial charge in [0.1, 0.15) is 25.2 Å². The quantitative estimate of drug-likeness (QED) is 0.193. The van der Waals surface area contributed by atoms with Gasteiger partial charge < -0.3 is 28.4 Å². The molecule has 0 amide bonds. The van der Waals surface area contributed by atoms with Crippen molar-refractivity contribution in [3.63, 3.8) is 0 Å². The third kappa shape index (κ3) is 7.03. The summed E-state index contributed by atoms with van der Waals surface area (Å²) in [5, 5.41) is 0. The lowest BCUT2D eigenvalue weighted by Gasteiger charge is -2.62. The highest BCUT2D eigenvalue weighted by Crippen LogP contribution is 2.70. The molecule has 4 unspecified atom stereocenters. The molecule has 0 spiro atoms. The van der Waals surface area contributed by atoms with E-state index in [0.29, 0.717) is 42.0 Å². The van der Waals surface area contributed by atoms with Crippen molar-refractivity contribution in [3.05, 3.63) is 0 Å². The molecule has 6 fully saturated rings. The van der Waals surface area contributed by atoms with Crippen LogP contribution in [0.4, 0.5) is 0 Å². The molecule has 0 heterocycles. The normalized spacial score (nSPS) is 48.8. The molecule has 6 saturated carbocycles. The number of methoxy groups -OCH3 is 4. The molecule has 6 aliphatic rings. The topological polar surface area (TPSA) is 89.5 Å². The van der Waals surface area contributed by atoms with E-state index in [-0.39, 0.29) is 76.0 Å². The van der Waals surface area contributed by atoms with Crippen LogP contribution in [-0.4, -0.2) is 78.0 Å². The monoisotopic (exact) mass is 761 g/mol. The highest BCUT2D eigenvalue weighted by atomic mass is 16.7. The highest BCUT2D eigenvalue weighted by molar-refractivity contribution is 5.87. The van der Waals surface area contributed by atoms with E-state index in [1.807, 2.05) is 14.2 Å². The van der Waals surface area contributed by atoms with E-state index in [4.69, 9.17) is 28.4 Å². The fourth-order valence-electron chi connectivity index (χ4n) is 14.5. The second kappa shape index (κ2) is 17.1. The number of Topliss-reactive ketones (excluding diaryl/α,β-unsaturated/α-hetero) is 2. The molecule has 8 nitrogen and oxygen atoms in total. The number of ether oxygens (including phenoxy) is 6. The Hall–Kier alpha value is -0.900. The van der Waals surface area contributed by atoms with Gasteiger partial charge in [0, 0.05) is 62.4 Å². The Morgan fingerprint density at radius 3 is 1.59 bits per heavy atom. The molecule has 8 heteroatoms. The predicted octanol–water partition coefficient (Wildman–Crippen LogP) is 9.70. The smallest absolute Gasteiger partial charge is 0.146 e. The third-order valence-corrected chi connectivity index (χ3v) is 18.0. The molecular weight excluding hydrogens is 680 g/mol. The molecule has 0 aliphatic heterocycles. The van der Waals surface area contributed by atoms with E-state index in [0.717, 1.165) is 70.6 Å². The number of unbranched alkanes of at least 4 members (excludes halogenated alkanes) is 1. The van der Waals surface area contributed by atoms with Crippen LogP contribution in [0, 0.1) is 68.5 Å². The van der Waals surface area contributed by atoms with Gasteiger partial charge in [0.25, 0.3) is 0 Å². The summed E-state index contributed by atoms with van der Waals surface area (Å²) in [5.41, 5.74) is -0.215. The maximum Gasteiger partial charge on any atom is 0.146 e. The van der Waals surface area contributed by atoms with E-state index in [1.54, 1.807) is 14.2 Å². The minimum atomic E-state index is -0.324. The van der Waals surface area contributed by atoms with Crippen molar-refractivity contribution in [1.29, 1.82) is 0 Å². The van der Waals surface area contributed by atoms with Gasteiger partial charge in [-0.25, -0.2) is 0 Å². The van der Waals surface area contributed by atoms with Crippen LogP contribution in [0.5, 0.6) is 0 Å². The Labute approximate surface area is 329 Å². The molecule has 16 atom stereocenters. The molecule has 312 valence electrons. The van der Waals surface area contributed by atoms with Gasteiger partial charge in [-0.15, -0.1) is 0 Å². The van der Waals surface area contributed by atoms with Gasteiger partial charge in [0.2, 0.25) is 0 Å². The zero-order valence-corrected chi connectivity index (χ0v) is 36.7. The van der Waals surface area contributed by atoms with Crippen LogP contribution in [0.3, 0.4) is 0 Å². The first kappa shape index (κ1) is 44.2. The number of carbonyl (C=O) groups is 2. The summed E-state index contributed by atoms with van der Waals surface area (Å²) in [6, 6.07) is 0. The first-order valence-electron chi connectivity index (χ1n) is 21.9. The van der Waals surface area contributed by atoms with Crippen LogP contribution in [0.15, 0.2) is 0 Å². The van der Waals surface area contributed by atoms with Crippen molar-refractivity contribution >= 4 is 11.6 Å². The maximum absolute atomic E-state index is 14.0. The zero-order chi connectivity index (χ0) is 39.9. The van der Waals surface area contributed by atoms with Gasteiger partial charge in [-0.05, 0) is 105 Å². The minimum absolute atomic E-state index is 0.0104.